The molecule has 1 fully saturated rings. The first-order chi connectivity index (χ1) is 12.1. The summed E-state index contributed by atoms with van der Waals surface area (Å²) in [5.74, 6) is 0.753. The summed E-state index contributed by atoms with van der Waals surface area (Å²) in [7, 11) is 0. The number of hydrogen-bond acceptors (Lipinski definition) is 3. The van der Waals surface area contributed by atoms with Crippen molar-refractivity contribution in [3.8, 4) is 0 Å². The highest BCUT2D eigenvalue weighted by atomic mass is 35.5. The molecule has 1 atom stereocenters. The molecule has 0 amide bonds. The molecular formula is C20H19ClFN3. The molecule has 2 aromatic carbocycles. The Morgan fingerprint density at radius 3 is 2.76 bits per heavy atom. The zero-order valence-corrected chi connectivity index (χ0v) is 14.6. The minimum Gasteiger partial charge on any atom is -0.384 e. The standard InChI is InChI=1S/C20H19ClFN3/c1-14(23-12-15-9-16(21)11-17(22)10-15)20-7-8-25(19(20)24-13-20)18-5-3-2-4-6-18/h2-6,9-11,23H,1,7-8,12-13H2. The summed E-state index contributed by atoms with van der Waals surface area (Å²) >= 11 is 5.93. The molecule has 2 aliphatic rings. The second-order valence-electron chi connectivity index (χ2n) is 6.57. The highest BCUT2D eigenvalue weighted by molar-refractivity contribution is 6.30. The van der Waals surface area contributed by atoms with Crippen molar-refractivity contribution in [2.75, 3.05) is 18.0 Å². The van der Waals surface area contributed by atoms with Crippen molar-refractivity contribution in [2.24, 2.45) is 10.4 Å². The van der Waals surface area contributed by atoms with Gasteiger partial charge in [-0.3, -0.25) is 4.99 Å². The molecule has 2 aliphatic heterocycles. The lowest BCUT2D eigenvalue weighted by Crippen LogP contribution is -2.48. The predicted octanol–water partition coefficient (Wildman–Crippen LogP) is 4.39. The van der Waals surface area contributed by atoms with E-state index < -0.39 is 0 Å². The van der Waals surface area contributed by atoms with Crippen LogP contribution in [0.25, 0.3) is 0 Å². The SMILES string of the molecule is C=C(NCc1cc(F)cc(Cl)c1)C12CCN(c3ccccc3)C1=NC2. The largest absolute Gasteiger partial charge is 0.384 e. The van der Waals surface area contributed by atoms with Gasteiger partial charge in [0.25, 0.3) is 0 Å². The Hall–Kier alpha value is -2.33. The van der Waals surface area contributed by atoms with Crippen LogP contribution in [0.2, 0.25) is 5.02 Å². The third-order valence-electron chi connectivity index (χ3n) is 5.02. The third-order valence-corrected chi connectivity index (χ3v) is 5.24. The van der Waals surface area contributed by atoms with E-state index in [0.29, 0.717) is 11.6 Å². The Labute approximate surface area is 151 Å². The van der Waals surface area contributed by atoms with E-state index in [0.717, 1.165) is 42.3 Å². The van der Waals surface area contributed by atoms with Crippen LogP contribution in [0.4, 0.5) is 10.1 Å². The van der Waals surface area contributed by atoms with Gasteiger partial charge in [0.05, 0.1) is 12.0 Å². The Morgan fingerprint density at radius 2 is 2.08 bits per heavy atom. The molecule has 0 spiro atoms. The van der Waals surface area contributed by atoms with Crippen LogP contribution in [0.15, 0.2) is 65.8 Å². The van der Waals surface area contributed by atoms with E-state index in [2.05, 4.69) is 33.9 Å². The monoisotopic (exact) mass is 355 g/mol. The van der Waals surface area contributed by atoms with Crippen LogP contribution in [-0.4, -0.2) is 18.9 Å². The first-order valence-electron chi connectivity index (χ1n) is 8.34. The van der Waals surface area contributed by atoms with Gasteiger partial charge >= 0.3 is 0 Å². The zero-order chi connectivity index (χ0) is 17.4. The summed E-state index contributed by atoms with van der Waals surface area (Å²) in [4.78, 5) is 6.89. The van der Waals surface area contributed by atoms with E-state index >= 15 is 0 Å². The molecular weight excluding hydrogens is 337 g/mol. The maximum Gasteiger partial charge on any atom is 0.125 e. The number of halogens is 2. The van der Waals surface area contributed by atoms with Crippen LogP contribution in [0, 0.1) is 11.2 Å². The van der Waals surface area contributed by atoms with E-state index in [1.165, 1.54) is 12.1 Å². The van der Waals surface area contributed by atoms with Gasteiger partial charge < -0.3 is 10.2 Å². The highest BCUT2D eigenvalue weighted by Gasteiger charge is 2.52. The van der Waals surface area contributed by atoms with Gasteiger partial charge in [-0.2, -0.15) is 0 Å². The van der Waals surface area contributed by atoms with Crippen molar-refractivity contribution in [1.29, 1.82) is 0 Å². The number of nitrogens with one attached hydrogen (secondary N) is 1. The van der Waals surface area contributed by atoms with Crippen molar-refractivity contribution >= 4 is 23.1 Å². The summed E-state index contributed by atoms with van der Waals surface area (Å²) in [5, 5.41) is 3.77. The fourth-order valence-electron chi connectivity index (χ4n) is 3.62. The summed E-state index contributed by atoms with van der Waals surface area (Å²) in [6, 6.07) is 14.9. The number of nitrogens with zero attached hydrogens (tertiary/aromatic N) is 2. The molecule has 1 N–H and O–H groups in total. The number of rotatable bonds is 5. The fraction of sp³-hybridized carbons (Fsp3) is 0.250. The Kier molecular flexibility index (Phi) is 4.00. The van der Waals surface area contributed by atoms with Crippen LogP contribution in [0.3, 0.4) is 0 Å². The maximum atomic E-state index is 13.5. The Morgan fingerprint density at radius 1 is 1.28 bits per heavy atom. The van der Waals surface area contributed by atoms with E-state index in [9.17, 15) is 4.39 Å². The maximum absolute atomic E-state index is 13.5. The molecule has 1 saturated heterocycles. The number of amidine groups is 1. The molecule has 4 rings (SSSR count). The molecule has 0 aliphatic carbocycles. The van der Waals surface area contributed by atoms with Crippen LogP contribution in [-0.2, 0) is 6.54 Å². The average molecular weight is 356 g/mol. The second-order valence-corrected chi connectivity index (χ2v) is 7.01. The van der Waals surface area contributed by atoms with Crippen LogP contribution < -0.4 is 10.2 Å². The lowest BCUT2D eigenvalue weighted by Gasteiger charge is -2.39. The Balaban J connectivity index is 1.47. The van der Waals surface area contributed by atoms with Gasteiger partial charge in [0.15, 0.2) is 0 Å². The molecule has 5 heteroatoms. The van der Waals surface area contributed by atoms with Gasteiger partial charge in [-0.05, 0) is 42.3 Å². The van der Waals surface area contributed by atoms with Gasteiger partial charge in [0.1, 0.15) is 11.7 Å². The van der Waals surface area contributed by atoms with Gasteiger partial charge in [-0.15, -0.1) is 0 Å². The lowest BCUT2D eigenvalue weighted by molar-refractivity contribution is 0.440. The smallest absolute Gasteiger partial charge is 0.125 e. The average Bonchev–Trinajstić information content (AvgIpc) is 2.84. The van der Waals surface area contributed by atoms with Gasteiger partial charge in [0.2, 0.25) is 0 Å². The quantitative estimate of drug-likeness (QED) is 0.861. The normalized spacial score (nSPS) is 21.4. The molecule has 1 unspecified atom stereocenters. The minimum absolute atomic E-state index is 0.118. The van der Waals surface area contributed by atoms with E-state index in [1.54, 1.807) is 6.07 Å². The van der Waals surface area contributed by atoms with Gasteiger partial charge in [0, 0.05) is 29.5 Å². The zero-order valence-electron chi connectivity index (χ0n) is 13.8. The summed E-state index contributed by atoms with van der Waals surface area (Å²) < 4.78 is 13.5. The van der Waals surface area contributed by atoms with Gasteiger partial charge in [-0.1, -0.05) is 36.4 Å². The third kappa shape index (κ3) is 2.81. The Bertz CT molecular complexity index is 829. The van der Waals surface area contributed by atoms with Crippen molar-refractivity contribution < 1.29 is 4.39 Å². The first-order valence-corrected chi connectivity index (χ1v) is 8.72. The van der Waals surface area contributed by atoms with Crippen molar-refractivity contribution in [3.05, 3.63) is 77.2 Å². The summed E-state index contributed by atoms with van der Waals surface area (Å²) in [5.41, 5.74) is 2.79. The molecule has 25 heavy (non-hydrogen) atoms. The van der Waals surface area contributed by atoms with Crippen LogP contribution in [0.1, 0.15) is 12.0 Å². The molecule has 0 aromatic heterocycles. The molecule has 2 heterocycles. The van der Waals surface area contributed by atoms with E-state index in [1.807, 2.05) is 18.2 Å². The molecule has 3 nitrogen and oxygen atoms in total. The number of aliphatic imine (C=N–C) groups is 1. The van der Waals surface area contributed by atoms with Crippen molar-refractivity contribution in [3.63, 3.8) is 0 Å². The second kappa shape index (κ2) is 6.19. The molecule has 0 bridgehead atoms. The minimum atomic E-state index is -0.324. The number of benzene rings is 2. The molecule has 128 valence electrons. The van der Waals surface area contributed by atoms with Gasteiger partial charge in [-0.25, -0.2) is 4.39 Å². The molecule has 0 radical (unpaired) electrons. The van der Waals surface area contributed by atoms with E-state index in [4.69, 9.17) is 11.6 Å². The van der Waals surface area contributed by atoms with Crippen molar-refractivity contribution in [1.82, 2.24) is 5.32 Å². The number of fused-ring (bicyclic) bond motifs is 1. The van der Waals surface area contributed by atoms with Crippen LogP contribution in [0.5, 0.6) is 0 Å². The topological polar surface area (TPSA) is 27.6 Å². The van der Waals surface area contributed by atoms with Crippen LogP contribution >= 0.6 is 11.6 Å². The molecule has 2 aromatic rings. The molecule has 0 saturated carbocycles. The fourth-order valence-corrected chi connectivity index (χ4v) is 3.86. The summed E-state index contributed by atoms with van der Waals surface area (Å²) in [6.07, 6.45) is 0.983. The number of hydrogen-bond donors (Lipinski definition) is 1. The highest BCUT2D eigenvalue weighted by Crippen LogP contribution is 2.45. The van der Waals surface area contributed by atoms with E-state index in [-0.39, 0.29) is 11.2 Å². The summed E-state index contributed by atoms with van der Waals surface area (Å²) in [6.45, 7) is 6.43. The number of anilines is 1. The number of para-hydroxylation sites is 1. The predicted molar refractivity (Wildman–Crippen MR) is 101 cm³/mol. The van der Waals surface area contributed by atoms with Crippen molar-refractivity contribution in [2.45, 2.75) is 13.0 Å². The lowest BCUT2D eigenvalue weighted by atomic mass is 9.78. The first kappa shape index (κ1) is 16.2.